The zero-order valence-corrected chi connectivity index (χ0v) is 19.6. The summed E-state index contributed by atoms with van der Waals surface area (Å²) >= 11 is 5.53. The van der Waals surface area contributed by atoms with Gasteiger partial charge in [-0.1, -0.05) is 13.8 Å². The van der Waals surface area contributed by atoms with Gasteiger partial charge >= 0.3 is 5.97 Å². The number of carbonyl (C=O) groups is 5. The van der Waals surface area contributed by atoms with Crippen LogP contribution in [0.3, 0.4) is 0 Å². The van der Waals surface area contributed by atoms with Crippen molar-refractivity contribution >= 4 is 54.0 Å². The Hall–Kier alpha value is -1.99. The molecule has 4 unspecified atom stereocenters. The van der Waals surface area contributed by atoms with Crippen molar-refractivity contribution in [2.45, 2.75) is 57.3 Å². The summed E-state index contributed by atoms with van der Waals surface area (Å²) in [6.45, 7) is 3.28. The lowest BCUT2D eigenvalue weighted by Crippen LogP contribution is -2.58. The summed E-state index contributed by atoms with van der Waals surface area (Å²) in [5.74, 6) is -3.64. The lowest BCUT2D eigenvalue weighted by atomic mass is 10.0. The lowest BCUT2D eigenvalue weighted by Gasteiger charge is -2.25. The van der Waals surface area contributed by atoms with Gasteiger partial charge in [0.1, 0.15) is 18.1 Å². The van der Waals surface area contributed by atoms with E-state index in [1.54, 1.807) is 13.8 Å². The van der Waals surface area contributed by atoms with Crippen LogP contribution in [0.1, 0.15) is 33.1 Å². The van der Waals surface area contributed by atoms with Gasteiger partial charge in [-0.25, -0.2) is 4.79 Å². The van der Waals surface area contributed by atoms with E-state index < -0.39 is 53.8 Å². The van der Waals surface area contributed by atoms with Crippen molar-refractivity contribution in [1.82, 2.24) is 16.0 Å². The number of carboxylic acids is 1. The van der Waals surface area contributed by atoms with Crippen LogP contribution in [-0.4, -0.2) is 76.6 Å². The fourth-order valence-electron chi connectivity index (χ4n) is 2.45. The van der Waals surface area contributed by atoms with Crippen LogP contribution in [0.4, 0.5) is 0 Å². The number of rotatable bonds is 15. The zero-order chi connectivity index (χ0) is 24.1. The number of carboxylic acid groups (broad SMARTS) is 1. The highest BCUT2D eigenvalue weighted by Gasteiger charge is 2.30. The topological polar surface area (TPSA) is 194 Å². The fourth-order valence-corrected chi connectivity index (χ4v) is 3.17. The van der Waals surface area contributed by atoms with Gasteiger partial charge in [-0.2, -0.15) is 24.4 Å². The molecule has 0 aliphatic carbocycles. The molecule has 178 valence electrons. The van der Waals surface area contributed by atoms with Crippen molar-refractivity contribution in [3.8, 4) is 0 Å². The Morgan fingerprint density at radius 2 is 1.52 bits per heavy atom. The minimum absolute atomic E-state index is 0.0332. The molecule has 31 heavy (non-hydrogen) atoms. The SMILES string of the molecule is CSCCC(NC(=O)C(N)CCC(N)=O)C(=O)NC(CS)C(=O)NC(C(=O)O)C(C)C. The molecule has 8 N–H and O–H groups in total. The first kappa shape index (κ1) is 29.0. The molecule has 0 spiro atoms. The molecule has 0 saturated heterocycles. The minimum Gasteiger partial charge on any atom is -0.480 e. The maximum Gasteiger partial charge on any atom is 0.326 e. The van der Waals surface area contributed by atoms with Crippen molar-refractivity contribution in [2.75, 3.05) is 17.8 Å². The first-order valence-corrected chi connectivity index (χ1v) is 11.7. The average Bonchev–Trinajstić information content (AvgIpc) is 2.69. The van der Waals surface area contributed by atoms with Crippen molar-refractivity contribution in [3.05, 3.63) is 0 Å². The Labute approximate surface area is 191 Å². The number of hydrogen-bond donors (Lipinski definition) is 7. The number of thiol groups is 1. The van der Waals surface area contributed by atoms with Gasteiger partial charge in [-0.05, 0) is 30.8 Å². The molecule has 0 aliphatic rings. The van der Waals surface area contributed by atoms with E-state index in [1.807, 2.05) is 6.26 Å². The summed E-state index contributed by atoms with van der Waals surface area (Å²) in [7, 11) is 0. The van der Waals surface area contributed by atoms with Gasteiger partial charge in [0.15, 0.2) is 0 Å². The molecule has 0 radical (unpaired) electrons. The molecule has 0 fully saturated rings. The molecular weight excluding hydrogens is 446 g/mol. The number of carbonyl (C=O) groups excluding carboxylic acids is 4. The predicted octanol–water partition coefficient (Wildman–Crippen LogP) is -1.54. The van der Waals surface area contributed by atoms with Crippen molar-refractivity contribution in [2.24, 2.45) is 17.4 Å². The second-order valence-electron chi connectivity index (χ2n) is 7.27. The fraction of sp³-hybridized carbons (Fsp3) is 0.722. The molecule has 4 amide bonds. The molecule has 0 bridgehead atoms. The predicted molar refractivity (Wildman–Crippen MR) is 122 cm³/mol. The Morgan fingerprint density at radius 1 is 0.968 bits per heavy atom. The quantitative estimate of drug-likeness (QED) is 0.137. The third-order valence-corrected chi connectivity index (χ3v) is 5.34. The van der Waals surface area contributed by atoms with Crippen LogP contribution in [-0.2, 0) is 24.0 Å². The third kappa shape index (κ3) is 11.3. The van der Waals surface area contributed by atoms with Gasteiger partial charge in [-0.3, -0.25) is 19.2 Å². The largest absolute Gasteiger partial charge is 0.480 e. The third-order valence-electron chi connectivity index (χ3n) is 4.33. The second-order valence-corrected chi connectivity index (χ2v) is 8.62. The number of primary amides is 1. The number of thioether (sulfide) groups is 1. The Bertz CT molecular complexity index is 649. The van der Waals surface area contributed by atoms with E-state index in [1.165, 1.54) is 11.8 Å². The molecule has 0 aromatic rings. The second kappa shape index (κ2) is 14.9. The summed E-state index contributed by atoms with van der Waals surface area (Å²) in [5.41, 5.74) is 10.8. The molecule has 13 heteroatoms. The Morgan fingerprint density at radius 3 is 1.97 bits per heavy atom. The summed E-state index contributed by atoms with van der Waals surface area (Å²) in [6, 6.07) is -4.23. The van der Waals surface area contributed by atoms with E-state index in [2.05, 4.69) is 28.6 Å². The van der Waals surface area contributed by atoms with Gasteiger partial charge in [0, 0.05) is 12.2 Å². The molecule has 4 atom stereocenters. The Kier molecular flexibility index (Phi) is 14.0. The van der Waals surface area contributed by atoms with Crippen molar-refractivity contribution in [1.29, 1.82) is 0 Å². The first-order chi connectivity index (χ1) is 14.4. The summed E-state index contributed by atoms with van der Waals surface area (Å²) < 4.78 is 0. The zero-order valence-electron chi connectivity index (χ0n) is 17.9. The lowest BCUT2D eigenvalue weighted by molar-refractivity contribution is -0.143. The highest BCUT2D eigenvalue weighted by Crippen LogP contribution is 2.06. The maximum absolute atomic E-state index is 12.7. The van der Waals surface area contributed by atoms with Crippen LogP contribution >= 0.6 is 24.4 Å². The van der Waals surface area contributed by atoms with Crippen LogP contribution in [0.5, 0.6) is 0 Å². The summed E-state index contributed by atoms with van der Waals surface area (Å²) in [5, 5.41) is 16.6. The average molecular weight is 480 g/mol. The van der Waals surface area contributed by atoms with E-state index in [9.17, 15) is 29.1 Å². The standard InChI is InChI=1S/C18H33N5O6S2/c1-9(2)14(18(28)29)23-17(27)12(8-30)22-16(26)11(6-7-31-3)21-15(25)10(19)4-5-13(20)24/h9-12,14,30H,4-8,19H2,1-3H3,(H2,20,24)(H,21,25)(H,22,26)(H,23,27)(H,28,29). The van der Waals surface area contributed by atoms with Gasteiger partial charge < -0.3 is 32.5 Å². The van der Waals surface area contributed by atoms with Gasteiger partial charge in [0.2, 0.25) is 23.6 Å². The van der Waals surface area contributed by atoms with Crippen LogP contribution in [0.15, 0.2) is 0 Å². The number of amides is 4. The number of hydrogen-bond acceptors (Lipinski definition) is 8. The molecule has 11 nitrogen and oxygen atoms in total. The van der Waals surface area contributed by atoms with E-state index in [0.717, 1.165) is 0 Å². The summed E-state index contributed by atoms with van der Waals surface area (Å²) in [4.78, 5) is 59.6. The molecule has 0 aromatic heterocycles. The molecule has 0 saturated carbocycles. The van der Waals surface area contributed by atoms with Crippen molar-refractivity contribution < 1.29 is 29.1 Å². The van der Waals surface area contributed by atoms with Crippen LogP contribution in [0.2, 0.25) is 0 Å². The number of nitrogens with two attached hydrogens (primary N) is 2. The monoisotopic (exact) mass is 479 g/mol. The highest BCUT2D eigenvalue weighted by atomic mass is 32.2. The van der Waals surface area contributed by atoms with E-state index >= 15 is 0 Å². The number of aliphatic carboxylic acids is 1. The van der Waals surface area contributed by atoms with Gasteiger partial charge in [-0.15, -0.1) is 0 Å². The van der Waals surface area contributed by atoms with E-state index in [0.29, 0.717) is 5.75 Å². The highest BCUT2D eigenvalue weighted by molar-refractivity contribution is 7.98. The first-order valence-electron chi connectivity index (χ1n) is 9.72. The minimum atomic E-state index is -1.19. The normalized spacial score (nSPS) is 14.8. The number of nitrogens with one attached hydrogen (secondary N) is 3. The van der Waals surface area contributed by atoms with E-state index in [4.69, 9.17) is 11.5 Å². The van der Waals surface area contributed by atoms with Crippen LogP contribution < -0.4 is 27.4 Å². The molecular formula is C18H33N5O6S2. The molecule has 0 aliphatic heterocycles. The summed E-state index contributed by atoms with van der Waals surface area (Å²) in [6.07, 6.45) is 2.06. The van der Waals surface area contributed by atoms with Crippen LogP contribution in [0.25, 0.3) is 0 Å². The van der Waals surface area contributed by atoms with Crippen molar-refractivity contribution in [3.63, 3.8) is 0 Å². The van der Waals surface area contributed by atoms with E-state index in [-0.39, 0.29) is 30.9 Å². The molecule has 0 heterocycles. The van der Waals surface area contributed by atoms with Gasteiger partial charge in [0.05, 0.1) is 6.04 Å². The molecule has 0 rings (SSSR count). The van der Waals surface area contributed by atoms with Crippen LogP contribution in [0, 0.1) is 5.92 Å². The maximum atomic E-state index is 12.7. The van der Waals surface area contributed by atoms with Gasteiger partial charge in [0.25, 0.3) is 0 Å². The molecule has 0 aromatic carbocycles. The Balaban J connectivity index is 5.16. The smallest absolute Gasteiger partial charge is 0.326 e.